The molecule has 0 radical (unpaired) electrons. The number of urea groups is 1. The average molecular weight is 319 g/mol. The normalized spacial score (nSPS) is 10.0. The molecule has 2 amide bonds. The van der Waals surface area contributed by atoms with Gasteiger partial charge >= 0.3 is 6.03 Å². The van der Waals surface area contributed by atoms with E-state index >= 15 is 0 Å². The average Bonchev–Trinajstić information content (AvgIpc) is 2.63. The number of aromatic nitrogens is 1. The number of pyridine rings is 1. The Morgan fingerprint density at radius 1 is 0.875 bits per heavy atom. The summed E-state index contributed by atoms with van der Waals surface area (Å²) in [5.74, 6) is 1.24. The number of anilines is 2. The van der Waals surface area contributed by atoms with Crippen molar-refractivity contribution in [2.75, 3.05) is 10.6 Å². The minimum absolute atomic E-state index is 0.341. The van der Waals surface area contributed by atoms with E-state index in [0.29, 0.717) is 18.1 Å². The van der Waals surface area contributed by atoms with Gasteiger partial charge in [0.2, 0.25) is 0 Å². The Labute approximate surface area is 140 Å². The molecule has 24 heavy (non-hydrogen) atoms. The molecule has 1 aromatic heterocycles. The molecule has 5 heteroatoms. The molecule has 3 rings (SSSR count). The summed E-state index contributed by atoms with van der Waals surface area (Å²) in [4.78, 5) is 15.9. The quantitative estimate of drug-likeness (QED) is 0.737. The monoisotopic (exact) mass is 319 g/mol. The molecule has 0 atom stereocenters. The topological polar surface area (TPSA) is 63.2 Å². The Bertz CT molecular complexity index is 775. The van der Waals surface area contributed by atoms with Crippen LogP contribution in [0.4, 0.5) is 16.3 Å². The summed E-state index contributed by atoms with van der Waals surface area (Å²) in [5.41, 5.74) is 1.78. The van der Waals surface area contributed by atoms with Gasteiger partial charge in [0.1, 0.15) is 18.2 Å². The molecule has 0 aliphatic rings. The van der Waals surface area contributed by atoms with Crippen LogP contribution in [0.1, 0.15) is 5.56 Å². The number of nitrogens with one attached hydrogen (secondary N) is 2. The predicted molar refractivity (Wildman–Crippen MR) is 94.1 cm³/mol. The molecule has 0 saturated carbocycles. The fraction of sp³-hybridized carbons (Fsp3) is 0.0526. The number of carbonyl (C=O) groups excluding carboxylic acids is 1. The number of amides is 2. The summed E-state index contributed by atoms with van der Waals surface area (Å²) in [7, 11) is 0. The van der Waals surface area contributed by atoms with Crippen molar-refractivity contribution >= 4 is 17.5 Å². The van der Waals surface area contributed by atoms with Crippen LogP contribution in [0.3, 0.4) is 0 Å². The van der Waals surface area contributed by atoms with Gasteiger partial charge in [0.25, 0.3) is 0 Å². The molecule has 0 spiro atoms. The van der Waals surface area contributed by atoms with Gasteiger partial charge in [0.05, 0.1) is 0 Å². The molecular weight excluding hydrogens is 302 g/mol. The van der Waals surface area contributed by atoms with Crippen molar-refractivity contribution in [2.24, 2.45) is 0 Å². The number of hydrogen-bond donors (Lipinski definition) is 2. The Morgan fingerprint density at radius 2 is 1.62 bits per heavy atom. The number of nitrogens with zero attached hydrogens (tertiary/aromatic N) is 1. The highest BCUT2D eigenvalue weighted by atomic mass is 16.5. The number of carbonyl (C=O) groups is 1. The number of ether oxygens (including phenoxy) is 1. The van der Waals surface area contributed by atoms with E-state index in [4.69, 9.17) is 4.74 Å². The molecule has 0 aliphatic heterocycles. The second-order valence-corrected chi connectivity index (χ2v) is 5.09. The fourth-order valence-corrected chi connectivity index (χ4v) is 2.09. The highest BCUT2D eigenvalue weighted by Gasteiger charge is 2.03. The van der Waals surface area contributed by atoms with E-state index in [-0.39, 0.29) is 6.03 Å². The largest absolute Gasteiger partial charge is 0.489 e. The minimum atomic E-state index is -0.341. The van der Waals surface area contributed by atoms with Crippen molar-refractivity contribution in [3.05, 3.63) is 84.6 Å². The van der Waals surface area contributed by atoms with Gasteiger partial charge in [-0.05, 0) is 42.0 Å². The van der Waals surface area contributed by atoms with Crippen LogP contribution in [0.5, 0.6) is 5.75 Å². The minimum Gasteiger partial charge on any atom is -0.489 e. The van der Waals surface area contributed by atoms with Gasteiger partial charge in [-0.15, -0.1) is 0 Å². The molecular formula is C19H17N3O2. The number of benzene rings is 2. The van der Waals surface area contributed by atoms with Crippen LogP contribution in [0.15, 0.2) is 79.0 Å². The molecule has 3 aromatic rings. The fourth-order valence-electron chi connectivity index (χ4n) is 2.09. The summed E-state index contributed by atoms with van der Waals surface area (Å²) in [6.07, 6.45) is 1.62. The van der Waals surface area contributed by atoms with Crippen LogP contribution in [0, 0.1) is 0 Å². The van der Waals surface area contributed by atoms with Crippen LogP contribution in [0.2, 0.25) is 0 Å². The second-order valence-electron chi connectivity index (χ2n) is 5.09. The zero-order valence-electron chi connectivity index (χ0n) is 13.0. The van der Waals surface area contributed by atoms with E-state index < -0.39 is 0 Å². The zero-order chi connectivity index (χ0) is 16.6. The van der Waals surface area contributed by atoms with Crippen molar-refractivity contribution in [1.29, 1.82) is 0 Å². The lowest BCUT2D eigenvalue weighted by Gasteiger charge is -2.09. The molecule has 2 aromatic carbocycles. The number of hydrogen-bond acceptors (Lipinski definition) is 3. The Balaban J connectivity index is 1.51. The van der Waals surface area contributed by atoms with Crippen molar-refractivity contribution < 1.29 is 9.53 Å². The first kappa shape index (κ1) is 15.6. The Hall–Kier alpha value is -3.34. The van der Waals surface area contributed by atoms with Crippen LogP contribution >= 0.6 is 0 Å². The lowest BCUT2D eigenvalue weighted by Crippen LogP contribution is -2.19. The first-order valence-electron chi connectivity index (χ1n) is 7.55. The van der Waals surface area contributed by atoms with Crippen LogP contribution in [0.25, 0.3) is 0 Å². The standard InChI is InChI=1S/C19H17N3O2/c23-19(22-18-8-4-5-13-20-18)21-16-9-11-17(12-10-16)24-14-15-6-2-1-3-7-15/h1-13H,14H2,(H2,20,21,22,23). The molecule has 1 heterocycles. The molecule has 0 saturated heterocycles. The van der Waals surface area contributed by atoms with E-state index in [0.717, 1.165) is 11.3 Å². The molecule has 2 N–H and O–H groups in total. The third kappa shape index (κ3) is 4.58. The first-order chi connectivity index (χ1) is 11.8. The van der Waals surface area contributed by atoms with Crippen molar-refractivity contribution in [1.82, 2.24) is 4.98 Å². The van der Waals surface area contributed by atoms with Crippen LogP contribution < -0.4 is 15.4 Å². The predicted octanol–water partition coefficient (Wildman–Crippen LogP) is 4.30. The summed E-state index contributed by atoms with van der Waals surface area (Å²) in [6, 6.07) is 22.1. The summed E-state index contributed by atoms with van der Waals surface area (Å²) in [5, 5.41) is 5.41. The van der Waals surface area contributed by atoms with Gasteiger partial charge in [-0.2, -0.15) is 0 Å². The smallest absolute Gasteiger partial charge is 0.324 e. The van der Waals surface area contributed by atoms with Gasteiger partial charge < -0.3 is 10.1 Å². The molecule has 120 valence electrons. The maximum atomic E-state index is 11.9. The third-order valence-corrected chi connectivity index (χ3v) is 3.27. The summed E-state index contributed by atoms with van der Waals surface area (Å²) >= 11 is 0. The van der Waals surface area contributed by atoms with Gasteiger partial charge in [0.15, 0.2) is 0 Å². The van der Waals surface area contributed by atoms with Crippen LogP contribution in [-0.2, 0) is 6.61 Å². The highest BCUT2D eigenvalue weighted by Crippen LogP contribution is 2.17. The van der Waals surface area contributed by atoms with E-state index in [1.165, 1.54) is 0 Å². The maximum absolute atomic E-state index is 11.9. The van der Waals surface area contributed by atoms with Crippen molar-refractivity contribution in [3.63, 3.8) is 0 Å². The summed E-state index contributed by atoms with van der Waals surface area (Å²) < 4.78 is 5.71. The Kier molecular flexibility index (Phi) is 5.04. The zero-order valence-corrected chi connectivity index (χ0v) is 13.0. The SMILES string of the molecule is O=C(Nc1ccc(OCc2ccccc2)cc1)Nc1ccccn1. The Morgan fingerprint density at radius 3 is 2.33 bits per heavy atom. The molecule has 0 fully saturated rings. The molecule has 5 nitrogen and oxygen atoms in total. The molecule has 0 aliphatic carbocycles. The van der Waals surface area contributed by atoms with Crippen LogP contribution in [-0.4, -0.2) is 11.0 Å². The second kappa shape index (κ2) is 7.78. The van der Waals surface area contributed by atoms with Gasteiger partial charge in [0, 0.05) is 11.9 Å². The molecule has 0 unspecified atom stereocenters. The van der Waals surface area contributed by atoms with Crippen molar-refractivity contribution in [3.8, 4) is 5.75 Å². The first-order valence-corrected chi connectivity index (χ1v) is 7.55. The van der Waals surface area contributed by atoms with Crippen molar-refractivity contribution in [2.45, 2.75) is 6.61 Å². The van der Waals surface area contributed by atoms with E-state index in [1.54, 1.807) is 30.5 Å². The van der Waals surface area contributed by atoms with Gasteiger partial charge in [-0.3, -0.25) is 5.32 Å². The lowest BCUT2D eigenvalue weighted by atomic mass is 10.2. The maximum Gasteiger partial charge on any atom is 0.324 e. The van der Waals surface area contributed by atoms with E-state index in [9.17, 15) is 4.79 Å². The lowest BCUT2D eigenvalue weighted by molar-refractivity contribution is 0.262. The number of rotatable bonds is 5. The van der Waals surface area contributed by atoms with E-state index in [1.807, 2.05) is 48.5 Å². The van der Waals surface area contributed by atoms with Gasteiger partial charge in [-0.25, -0.2) is 9.78 Å². The molecule has 0 bridgehead atoms. The van der Waals surface area contributed by atoms with E-state index in [2.05, 4.69) is 15.6 Å². The third-order valence-electron chi connectivity index (χ3n) is 3.27. The van der Waals surface area contributed by atoms with Gasteiger partial charge in [-0.1, -0.05) is 36.4 Å². The summed E-state index contributed by atoms with van der Waals surface area (Å²) in [6.45, 7) is 0.508. The highest BCUT2D eigenvalue weighted by molar-refractivity contribution is 5.99.